The van der Waals surface area contributed by atoms with E-state index in [-0.39, 0.29) is 0 Å². The number of hydrogen-bond acceptors (Lipinski definition) is 0. The van der Waals surface area contributed by atoms with Gasteiger partial charge in [0.25, 0.3) is 0 Å². The molecule has 0 aliphatic heterocycles. The van der Waals surface area contributed by atoms with Crippen LogP contribution in [0, 0.1) is 0 Å². The standard InChI is InChI=1S/C18H17N.C8H13N/c1-3-7-15(8-4-1)13-17-11-12-18(19-17)14-16-9-5-2-6-10-16;1-2-3-5-8-6-4-7-9-8/h1-12,19H,13-14H2;4,6-7,9H,2-3,5H2,1H3. The quantitative estimate of drug-likeness (QED) is 0.369. The number of aromatic amines is 2. The van der Waals surface area contributed by atoms with E-state index in [1.54, 1.807) is 0 Å². The molecule has 0 fully saturated rings. The molecule has 0 atom stereocenters. The predicted molar refractivity (Wildman–Crippen MR) is 119 cm³/mol. The van der Waals surface area contributed by atoms with Gasteiger partial charge >= 0.3 is 0 Å². The van der Waals surface area contributed by atoms with E-state index in [4.69, 9.17) is 0 Å². The second-order valence-electron chi connectivity index (χ2n) is 7.13. The van der Waals surface area contributed by atoms with Gasteiger partial charge in [-0.15, -0.1) is 0 Å². The first kappa shape index (κ1) is 19.8. The zero-order valence-corrected chi connectivity index (χ0v) is 16.7. The molecular weight excluding hydrogens is 340 g/mol. The van der Waals surface area contributed by atoms with E-state index in [9.17, 15) is 0 Å². The fourth-order valence-corrected chi connectivity index (χ4v) is 3.22. The third kappa shape index (κ3) is 6.62. The maximum absolute atomic E-state index is 3.51. The minimum absolute atomic E-state index is 0.968. The van der Waals surface area contributed by atoms with Gasteiger partial charge in [0.2, 0.25) is 0 Å². The van der Waals surface area contributed by atoms with Gasteiger partial charge in [0, 0.05) is 36.1 Å². The lowest BCUT2D eigenvalue weighted by atomic mass is 10.1. The summed E-state index contributed by atoms with van der Waals surface area (Å²) in [6, 6.07) is 29.7. The Morgan fingerprint density at radius 2 is 1.18 bits per heavy atom. The normalized spacial score (nSPS) is 10.3. The highest BCUT2D eigenvalue weighted by molar-refractivity contribution is 5.27. The SMILES string of the molecule is CCCCc1ccc[nH]1.c1ccc(Cc2ccc(Cc3ccccc3)[nH]2)cc1. The number of H-pyrrole nitrogens is 2. The van der Waals surface area contributed by atoms with E-state index in [1.165, 1.54) is 47.5 Å². The van der Waals surface area contributed by atoms with Gasteiger partial charge in [-0.1, -0.05) is 74.0 Å². The number of aryl methyl sites for hydroxylation is 1. The Balaban J connectivity index is 0.000000211. The summed E-state index contributed by atoms with van der Waals surface area (Å²) in [4.78, 5) is 6.68. The molecule has 2 aromatic heterocycles. The molecule has 0 saturated carbocycles. The maximum Gasteiger partial charge on any atom is 0.0193 e. The van der Waals surface area contributed by atoms with Crippen molar-refractivity contribution in [3.05, 3.63) is 119 Å². The van der Waals surface area contributed by atoms with Gasteiger partial charge in [0.1, 0.15) is 0 Å². The minimum Gasteiger partial charge on any atom is -0.365 e. The van der Waals surface area contributed by atoms with Crippen molar-refractivity contribution in [1.29, 1.82) is 0 Å². The van der Waals surface area contributed by atoms with Crippen LogP contribution in [-0.2, 0) is 19.3 Å². The molecule has 4 rings (SSSR count). The lowest BCUT2D eigenvalue weighted by Gasteiger charge is -2.00. The highest BCUT2D eigenvalue weighted by Gasteiger charge is 2.01. The summed E-state index contributed by atoms with van der Waals surface area (Å²) in [7, 11) is 0. The first-order chi connectivity index (χ1) is 13.8. The number of aromatic nitrogens is 2. The van der Waals surface area contributed by atoms with Crippen molar-refractivity contribution >= 4 is 0 Å². The van der Waals surface area contributed by atoms with E-state index < -0.39 is 0 Å². The number of hydrogen-bond donors (Lipinski definition) is 2. The second-order valence-corrected chi connectivity index (χ2v) is 7.13. The molecule has 28 heavy (non-hydrogen) atoms. The molecule has 0 radical (unpaired) electrons. The molecule has 0 amide bonds. The van der Waals surface area contributed by atoms with E-state index in [0.29, 0.717) is 0 Å². The topological polar surface area (TPSA) is 31.6 Å². The molecule has 2 nitrogen and oxygen atoms in total. The first-order valence-electron chi connectivity index (χ1n) is 10.2. The highest BCUT2D eigenvalue weighted by atomic mass is 14.7. The molecule has 0 unspecified atom stereocenters. The number of unbranched alkanes of at least 4 members (excludes halogenated alkanes) is 1. The predicted octanol–water partition coefficient (Wildman–Crippen LogP) is 6.55. The molecule has 2 aromatic carbocycles. The molecule has 0 saturated heterocycles. The van der Waals surface area contributed by atoms with Crippen LogP contribution < -0.4 is 0 Å². The third-order valence-corrected chi connectivity index (χ3v) is 4.74. The van der Waals surface area contributed by atoms with Crippen LogP contribution >= 0.6 is 0 Å². The van der Waals surface area contributed by atoms with Crippen molar-refractivity contribution in [3.63, 3.8) is 0 Å². The number of rotatable bonds is 7. The van der Waals surface area contributed by atoms with Crippen LogP contribution in [0.2, 0.25) is 0 Å². The average molecular weight is 371 g/mol. The average Bonchev–Trinajstić information content (AvgIpc) is 3.41. The molecule has 0 spiro atoms. The van der Waals surface area contributed by atoms with Gasteiger partial charge < -0.3 is 9.97 Å². The van der Waals surface area contributed by atoms with E-state index >= 15 is 0 Å². The third-order valence-electron chi connectivity index (χ3n) is 4.74. The Bertz CT molecular complexity index is 834. The Hall–Kier alpha value is -3.00. The van der Waals surface area contributed by atoms with Crippen LogP contribution in [0.4, 0.5) is 0 Å². The van der Waals surface area contributed by atoms with Gasteiger partial charge in [-0.3, -0.25) is 0 Å². The first-order valence-corrected chi connectivity index (χ1v) is 10.2. The van der Waals surface area contributed by atoms with Crippen LogP contribution in [-0.4, -0.2) is 9.97 Å². The molecule has 2 heterocycles. The molecule has 0 aliphatic rings. The summed E-state index contributed by atoms with van der Waals surface area (Å²) in [6.07, 6.45) is 7.68. The van der Waals surface area contributed by atoms with E-state index in [1.807, 2.05) is 12.3 Å². The summed E-state index contributed by atoms with van der Waals surface area (Å²) in [6.45, 7) is 2.21. The summed E-state index contributed by atoms with van der Waals surface area (Å²) in [5, 5.41) is 0. The summed E-state index contributed by atoms with van der Waals surface area (Å²) >= 11 is 0. The van der Waals surface area contributed by atoms with Gasteiger partial charge in [-0.25, -0.2) is 0 Å². The van der Waals surface area contributed by atoms with Crippen molar-refractivity contribution in [2.45, 2.75) is 39.0 Å². The Kier molecular flexibility index (Phi) is 7.75. The van der Waals surface area contributed by atoms with Crippen LogP contribution in [0.25, 0.3) is 0 Å². The van der Waals surface area contributed by atoms with Crippen LogP contribution in [0.5, 0.6) is 0 Å². The monoisotopic (exact) mass is 370 g/mol. The molecule has 144 valence electrons. The van der Waals surface area contributed by atoms with Gasteiger partial charge in [0.05, 0.1) is 0 Å². The van der Waals surface area contributed by atoms with E-state index in [0.717, 1.165) is 12.8 Å². The molecule has 4 aromatic rings. The highest BCUT2D eigenvalue weighted by Crippen LogP contribution is 2.12. The molecule has 2 heteroatoms. The van der Waals surface area contributed by atoms with Crippen molar-refractivity contribution in [3.8, 4) is 0 Å². The smallest absolute Gasteiger partial charge is 0.0193 e. The summed E-state index contributed by atoms with van der Waals surface area (Å²) in [5.74, 6) is 0. The van der Waals surface area contributed by atoms with Crippen LogP contribution in [0.1, 0.15) is 48.0 Å². The number of nitrogens with one attached hydrogen (secondary N) is 2. The van der Waals surface area contributed by atoms with E-state index in [2.05, 4.69) is 95.8 Å². The molecule has 0 aliphatic carbocycles. The summed E-state index contributed by atoms with van der Waals surface area (Å²) in [5.41, 5.74) is 6.59. The zero-order valence-electron chi connectivity index (χ0n) is 16.7. The van der Waals surface area contributed by atoms with Gasteiger partial charge in [-0.05, 0) is 48.2 Å². The largest absolute Gasteiger partial charge is 0.365 e. The Morgan fingerprint density at radius 3 is 1.64 bits per heavy atom. The summed E-state index contributed by atoms with van der Waals surface area (Å²) < 4.78 is 0. The second kappa shape index (κ2) is 11.0. The van der Waals surface area contributed by atoms with Crippen LogP contribution in [0.15, 0.2) is 91.1 Å². The Labute approximate surface area is 168 Å². The minimum atomic E-state index is 0.968. The number of benzene rings is 2. The van der Waals surface area contributed by atoms with Gasteiger partial charge in [-0.2, -0.15) is 0 Å². The van der Waals surface area contributed by atoms with Crippen molar-refractivity contribution < 1.29 is 0 Å². The lowest BCUT2D eigenvalue weighted by molar-refractivity contribution is 0.781. The zero-order chi connectivity index (χ0) is 19.4. The van der Waals surface area contributed by atoms with Gasteiger partial charge in [0.15, 0.2) is 0 Å². The maximum atomic E-state index is 3.51. The van der Waals surface area contributed by atoms with Crippen LogP contribution in [0.3, 0.4) is 0 Å². The molecular formula is C26H30N2. The Morgan fingerprint density at radius 1 is 0.607 bits per heavy atom. The fourth-order valence-electron chi connectivity index (χ4n) is 3.22. The lowest BCUT2D eigenvalue weighted by Crippen LogP contribution is -1.91. The van der Waals surface area contributed by atoms with Crippen molar-refractivity contribution in [1.82, 2.24) is 9.97 Å². The van der Waals surface area contributed by atoms with Crippen molar-refractivity contribution in [2.75, 3.05) is 0 Å². The van der Waals surface area contributed by atoms with Crippen molar-refractivity contribution in [2.24, 2.45) is 0 Å². The molecule has 0 bridgehead atoms. The fraction of sp³-hybridized carbons (Fsp3) is 0.231. The molecule has 2 N–H and O–H groups in total.